The lowest BCUT2D eigenvalue weighted by molar-refractivity contribution is 0.566. The predicted octanol–water partition coefficient (Wildman–Crippen LogP) is 4.18. The fourth-order valence-electron chi connectivity index (χ4n) is 2.95. The van der Waals surface area contributed by atoms with Crippen LogP contribution in [0.4, 0.5) is 36.8 Å². The number of hydrogen-bond donors (Lipinski definition) is 4. The standard InChI is InChI=1S/C20H17F3N8/c1-10(12-7-6-11(21)8-15(12)23)25-19-27-18(24)28-20(29-19)26-17-9-16(30-31-17)13-4-2-3-5-14(13)22/h2-10H,1H3,(H5,24,25,26,27,28,29,30,31). The second-order valence-corrected chi connectivity index (χ2v) is 6.64. The highest BCUT2D eigenvalue weighted by molar-refractivity contribution is 5.65. The fourth-order valence-corrected chi connectivity index (χ4v) is 2.95. The number of nitrogens with two attached hydrogens (primary N) is 1. The summed E-state index contributed by atoms with van der Waals surface area (Å²) in [4.78, 5) is 12.2. The van der Waals surface area contributed by atoms with Gasteiger partial charge in [-0.2, -0.15) is 20.1 Å². The predicted molar refractivity (Wildman–Crippen MR) is 110 cm³/mol. The molecule has 0 aliphatic rings. The number of aromatic nitrogens is 5. The van der Waals surface area contributed by atoms with Crippen LogP contribution in [0.2, 0.25) is 0 Å². The Morgan fingerprint density at radius 3 is 2.48 bits per heavy atom. The molecule has 158 valence electrons. The lowest BCUT2D eigenvalue weighted by Gasteiger charge is -2.15. The van der Waals surface area contributed by atoms with Gasteiger partial charge in [-0.3, -0.25) is 5.10 Å². The Morgan fingerprint density at radius 2 is 1.71 bits per heavy atom. The number of halogens is 3. The van der Waals surface area contributed by atoms with E-state index in [2.05, 4.69) is 35.8 Å². The zero-order valence-corrected chi connectivity index (χ0v) is 16.2. The van der Waals surface area contributed by atoms with Gasteiger partial charge in [-0.05, 0) is 25.1 Å². The van der Waals surface area contributed by atoms with Gasteiger partial charge in [0.25, 0.3) is 0 Å². The molecule has 0 bridgehead atoms. The smallest absolute Gasteiger partial charge is 0.235 e. The first-order valence-corrected chi connectivity index (χ1v) is 9.19. The highest BCUT2D eigenvalue weighted by Gasteiger charge is 2.15. The van der Waals surface area contributed by atoms with Gasteiger partial charge in [0.1, 0.15) is 17.5 Å². The van der Waals surface area contributed by atoms with E-state index in [9.17, 15) is 13.2 Å². The Balaban J connectivity index is 1.53. The number of hydrogen-bond acceptors (Lipinski definition) is 7. The van der Waals surface area contributed by atoms with Crippen molar-refractivity contribution in [2.75, 3.05) is 16.4 Å². The highest BCUT2D eigenvalue weighted by Crippen LogP contribution is 2.25. The van der Waals surface area contributed by atoms with Crippen LogP contribution >= 0.6 is 0 Å². The van der Waals surface area contributed by atoms with Crippen LogP contribution in [-0.2, 0) is 0 Å². The number of anilines is 4. The van der Waals surface area contributed by atoms with E-state index in [1.807, 2.05) is 0 Å². The maximum Gasteiger partial charge on any atom is 0.235 e. The van der Waals surface area contributed by atoms with E-state index >= 15 is 0 Å². The molecule has 8 nitrogen and oxygen atoms in total. The Bertz CT molecular complexity index is 1230. The van der Waals surface area contributed by atoms with Crippen LogP contribution < -0.4 is 16.4 Å². The molecule has 31 heavy (non-hydrogen) atoms. The second kappa shape index (κ2) is 8.30. The number of rotatable bonds is 6. The fraction of sp³-hybridized carbons (Fsp3) is 0.100. The molecule has 2 aromatic heterocycles. The zero-order chi connectivity index (χ0) is 22.0. The lowest BCUT2D eigenvalue weighted by Crippen LogP contribution is -2.14. The Labute approximate surface area is 174 Å². The van der Waals surface area contributed by atoms with Crippen LogP contribution in [0.15, 0.2) is 48.5 Å². The summed E-state index contributed by atoms with van der Waals surface area (Å²) in [6.45, 7) is 1.66. The third-order valence-electron chi connectivity index (χ3n) is 4.41. The SMILES string of the molecule is CC(Nc1nc(N)nc(Nc2cc(-c3ccccc3F)[nH]n2)n1)c1ccc(F)cc1F. The van der Waals surface area contributed by atoms with E-state index in [-0.39, 0.29) is 23.4 Å². The molecule has 1 unspecified atom stereocenters. The summed E-state index contributed by atoms with van der Waals surface area (Å²) in [6.07, 6.45) is 0. The van der Waals surface area contributed by atoms with Crippen LogP contribution in [0.1, 0.15) is 18.5 Å². The summed E-state index contributed by atoms with van der Waals surface area (Å²) in [5.41, 5.74) is 6.80. The van der Waals surface area contributed by atoms with Crippen molar-refractivity contribution in [3.63, 3.8) is 0 Å². The van der Waals surface area contributed by atoms with Crippen LogP contribution in [0, 0.1) is 17.5 Å². The minimum Gasteiger partial charge on any atom is -0.368 e. The molecule has 2 heterocycles. The average molecular weight is 426 g/mol. The molecule has 0 saturated carbocycles. The van der Waals surface area contributed by atoms with Crippen LogP contribution in [0.25, 0.3) is 11.3 Å². The second-order valence-electron chi connectivity index (χ2n) is 6.64. The van der Waals surface area contributed by atoms with Gasteiger partial charge in [0.15, 0.2) is 5.82 Å². The average Bonchev–Trinajstić information content (AvgIpc) is 3.15. The van der Waals surface area contributed by atoms with Crippen molar-refractivity contribution in [2.45, 2.75) is 13.0 Å². The van der Waals surface area contributed by atoms with E-state index in [1.165, 1.54) is 12.1 Å². The van der Waals surface area contributed by atoms with Crippen molar-refractivity contribution in [3.05, 3.63) is 71.5 Å². The summed E-state index contributed by atoms with van der Waals surface area (Å²) in [5.74, 6) is -1.36. The molecule has 0 radical (unpaired) electrons. The van der Waals surface area contributed by atoms with E-state index in [4.69, 9.17) is 5.73 Å². The summed E-state index contributed by atoms with van der Waals surface area (Å²) >= 11 is 0. The first-order chi connectivity index (χ1) is 14.9. The number of nitrogen functional groups attached to an aromatic ring is 1. The number of benzene rings is 2. The lowest BCUT2D eigenvalue weighted by atomic mass is 10.1. The van der Waals surface area contributed by atoms with Crippen molar-refractivity contribution < 1.29 is 13.2 Å². The maximum absolute atomic E-state index is 14.0. The molecule has 0 aliphatic heterocycles. The molecule has 0 spiro atoms. The normalized spacial score (nSPS) is 11.9. The number of H-pyrrole nitrogens is 1. The molecule has 4 aromatic rings. The van der Waals surface area contributed by atoms with Gasteiger partial charge >= 0.3 is 0 Å². The highest BCUT2D eigenvalue weighted by atomic mass is 19.1. The number of aromatic amines is 1. The molecule has 0 amide bonds. The molecule has 0 fully saturated rings. The summed E-state index contributed by atoms with van der Waals surface area (Å²) in [6, 6.07) is 10.6. The Hall–Kier alpha value is -4.15. The molecule has 0 saturated heterocycles. The minimum absolute atomic E-state index is 0.0772. The first kappa shape index (κ1) is 20.1. The largest absolute Gasteiger partial charge is 0.368 e. The maximum atomic E-state index is 14.0. The van der Waals surface area contributed by atoms with Gasteiger partial charge in [0, 0.05) is 23.3 Å². The molecular formula is C20H17F3N8. The molecule has 11 heteroatoms. The summed E-state index contributed by atoms with van der Waals surface area (Å²) < 4.78 is 41.1. The number of nitrogens with zero attached hydrogens (tertiary/aromatic N) is 4. The van der Waals surface area contributed by atoms with Crippen molar-refractivity contribution in [2.24, 2.45) is 0 Å². The third-order valence-corrected chi connectivity index (χ3v) is 4.41. The summed E-state index contributed by atoms with van der Waals surface area (Å²) in [7, 11) is 0. The molecule has 4 rings (SSSR count). The van der Waals surface area contributed by atoms with Crippen molar-refractivity contribution >= 4 is 23.7 Å². The molecule has 5 N–H and O–H groups in total. The van der Waals surface area contributed by atoms with E-state index in [0.717, 1.165) is 12.1 Å². The molecular weight excluding hydrogens is 409 g/mol. The van der Waals surface area contributed by atoms with Gasteiger partial charge in [-0.25, -0.2) is 13.2 Å². The van der Waals surface area contributed by atoms with Gasteiger partial charge < -0.3 is 16.4 Å². The van der Waals surface area contributed by atoms with Crippen molar-refractivity contribution in [1.82, 2.24) is 25.1 Å². The monoisotopic (exact) mass is 426 g/mol. The van der Waals surface area contributed by atoms with Gasteiger partial charge in [-0.1, -0.05) is 18.2 Å². The Kier molecular flexibility index (Phi) is 5.39. The number of nitrogens with one attached hydrogen (secondary N) is 3. The first-order valence-electron chi connectivity index (χ1n) is 9.19. The zero-order valence-electron chi connectivity index (χ0n) is 16.2. The van der Waals surface area contributed by atoms with E-state index in [0.29, 0.717) is 17.1 Å². The van der Waals surface area contributed by atoms with Crippen LogP contribution in [0.3, 0.4) is 0 Å². The molecule has 1 atom stereocenters. The third kappa shape index (κ3) is 4.55. The topological polar surface area (TPSA) is 117 Å². The van der Waals surface area contributed by atoms with Crippen molar-refractivity contribution in [3.8, 4) is 11.3 Å². The molecule has 0 aliphatic carbocycles. The van der Waals surface area contributed by atoms with Gasteiger partial charge in [-0.15, -0.1) is 0 Å². The Morgan fingerprint density at radius 1 is 0.935 bits per heavy atom. The van der Waals surface area contributed by atoms with Crippen LogP contribution in [0.5, 0.6) is 0 Å². The quantitative estimate of drug-likeness (QED) is 0.365. The summed E-state index contributed by atoms with van der Waals surface area (Å²) in [5, 5.41) is 12.6. The van der Waals surface area contributed by atoms with Gasteiger partial charge in [0.05, 0.1) is 11.7 Å². The van der Waals surface area contributed by atoms with Crippen molar-refractivity contribution in [1.29, 1.82) is 0 Å². The van der Waals surface area contributed by atoms with Gasteiger partial charge in [0.2, 0.25) is 17.8 Å². The van der Waals surface area contributed by atoms with Crippen LogP contribution in [-0.4, -0.2) is 25.1 Å². The van der Waals surface area contributed by atoms with E-state index in [1.54, 1.807) is 31.2 Å². The minimum atomic E-state index is -0.697. The molecule has 2 aromatic carbocycles. The van der Waals surface area contributed by atoms with E-state index < -0.39 is 23.5 Å².